The number of pyridine rings is 1. The van der Waals surface area contributed by atoms with E-state index in [1.807, 2.05) is 36.4 Å². The first-order valence-corrected chi connectivity index (χ1v) is 8.51. The molecule has 6 heteroatoms. The van der Waals surface area contributed by atoms with Crippen LogP contribution in [0.1, 0.15) is 5.69 Å². The highest BCUT2D eigenvalue weighted by Gasteiger charge is 2.13. The molecule has 0 aliphatic heterocycles. The Labute approximate surface area is 133 Å². The maximum Gasteiger partial charge on any atom is 0.240 e. The van der Waals surface area contributed by atoms with Crippen molar-refractivity contribution < 1.29 is 8.42 Å². The van der Waals surface area contributed by atoms with Crippen molar-refractivity contribution in [1.29, 1.82) is 0 Å². The SMILES string of the molecule is O=S(=O)(NCc1ccc2ccccc2n1)c1ccc(Cl)cc1. The predicted molar refractivity (Wildman–Crippen MR) is 87.2 cm³/mol. The minimum Gasteiger partial charge on any atom is -0.251 e. The molecule has 2 aromatic carbocycles. The topological polar surface area (TPSA) is 59.1 Å². The number of para-hydroxylation sites is 1. The van der Waals surface area contributed by atoms with E-state index in [0.717, 1.165) is 10.9 Å². The Hall–Kier alpha value is -1.95. The second-order valence-electron chi connectivity index (χ2n) is 4.77. The van der Waals surface area contributed by atoms with E-state index >= 15 is 0 Å². The van der Waals surface area contributed by atoms with Gasteiger partial charge in [-0.3, -0.25) is 4.98 Å². The second-order valence-corrected chi connectivity index (χ2v) is 6.98. The van der Waals surface area contributed by atoms with E-state index in [2.05, 4.69) is 9.71 Å². The van der Waals surface area contributed by atoms with E-state index < -0.39 is 10.0 Å². The number of nitrogens with one attached hydrogen (secondary N) is 1. The Balaban J connectivity index is 1.79. The summed E-state index contributed by atoms with van der Waals surface area (Å²) in [4.78, 5) is 4.62. The van der Waals surface area contributed by atoms with Crippen LogP contribution in [0.2, 0.25) is 5.02 Å². The first-order chi connectivity index (χ1) is 10.5. The van der Waals surface area contributed by atoms with Gasteiger partial charge in [0.15, 0.2) is 0 Å². The molecule has 1 aromatic heterocycles. The summed E-state index contributed by atoms with van der Waals surface area (Å²) in [7, 11) is -3.58. The van der Waals surface area contributed by atoms with Crippen LogP contribution in [0.25, 0.3) is 10.9 Å². The molecule has 1 N–H and O–H groups in total. The Bertz CT molecular complexity index is 909. The molecule has 4 nitrogen and oxygen atoms in total. The molecule has 0 radical (unpaired) electrons. The lowest BCUT2D eigenvalue weighted by Crippen LogP contribution is -2.23. The summed E-state index contributed by atoms with van der Waals surface area (Å²) >= 11 is 5.76. The molecule has 0 fully saturated rings. The molecule has 0 saturated heterocycles. The number of nitrogens with zero attached hydrogens (tertiary/aromatic N) is 1. The summed E-state index contributed by atoms with van der Waals surface area (Å²) in [5.74, 6) is 0. The van der Waals surface area contributed by atoms with Crippen LogP contribution in [0.3, 0.4) is 0 Å². The lowest BCUT2D eigenvalue weighted by Gasteiger charge is -2.07. The van der Waals surface area contributed by atoms with Crippen LogP contribution in [0.15, 0.2) is 65.6 Å². The molecule has 112 valence electrons. The fourth-order valence-electron chi connectivity index (χ4n) is 2.07. The number of hydrogen-bond donors (Lipinski definition) is 1. The fraction of sp³-hybridized carbons (Fsp3) is 0.0625. The number of hydrogen-bond acceptors (Lipinski definition) is 3. The van der Waals surface area contributed by atoms with Crippen LogP contribution in [0, 0.1) is 0 Å². The number of aromatic nitrogens is 1. The quantitative estimate of drug-likeness (QED) is 0.797. The number of sulfonamides is 1. The highest BCUT2D eigenvalue weighted by molar-refractivity contribution is 7.89. The monoisotopic (exact) mass is 332 g/mol. The summed E-state index contributed by atoms with van der Waals surface area (Å²) in [5, 5.41) is 1.52. The first kappa shape index (κ1) is 15.0. The molecule has 0 atom stereocenters. The van der Waals surface area contributed by atoms with Crippen molar-refractivity contribution in [2.45, 2.75) is 11.4 Å². The third-order valence-corrected chi connectivity index (χ3v) is 4.89. The molecule has 0 spiro atoms. The van der Waals surface area contributed by atoms with Gasteiger partial charge in [0.25, 0.3) is 0 Å². The molecule has 22 heavy (non-hydrogen) atoms. The molecule has 0 aliphatic carbocycles. The molecule has 0 unspecified atom stereocenters. The highest BCUT2D eigenvalue weighted by atomic mass is 35.5. The van der Waals surface area contributed by atoms with Gasteiger partial charge in [-0.2, -0.15) is 0 Å². The van der Waals surface area contributed by atoms with E-state index in [1.165, 1.54) is 12.1 Å². The van der Waals surface area contributed by atoms with Crippen molar-refractivity contribution in [2.75, 3.05) is 0 Å². The second kappa shape index (κ2) is 6.04. The summed E-state index contributed by atoms with van der Waals surface area (Å²) in [6.45, 7) is 0.135. The lowest BCUT2D eigenvalue weighted by molar-refractivity contribution is 0.580. The zero-order chi connectivity index (χ0) is 15.6. The molecule has 3 aromatic rings. The van der Waals surface area contributed by atoms with Gasteiger partial charge < -0.3 is 0 Å². The minimum absolute atomic E-state index is 0.135. The van der Waals surface area contributed by atoms with Crippen LogP contribution in [0.5, 0.6) is 0 Å². The van der Waals surface area contributed by atoms with Gasteiger partial charge in [-0.25, -0.2) is 13.1 Å². The Morgan fingerprint density at radius 1 is 0.955 bits per heavy atom. The van der Waals surface area contributed by atoms with E-state index in [9.17, 15) is 8.42 Å². The van der Waals surface area contributed by atoms with Crippen molar-refractivity contribution in [3.63, 3.8) is 0 Å². The van der Waals surface area contributed by atoms with Crippen LogP contribution >= 0.6 is 11.6 Å². The molecule has 0 saturated carbocycles. The van der Waals surface area contributed by atoms with Gasteiger partial charge in [-0.15, -0.1) is 0 Å². The molecular formula is C16H13ClN2O2S. The maximum absolute atomic E-state index is 12.2. The van der Waals surface area contributed by atoms with Crippen molar-refractivity contribution in [1.82, 2.24) is 9.71 Å². The van der Waals surface area contributed by atoms with Gasteiger partial charge in [0.05, 0.1) is 22.7 Å². The molecule has 0 aliphatic rings. The average Bonchev–Trinajstić information content (AvgIpc) is 2.53. The zero-order valence-electron chi connectivity index (χ0n) is 11.5. The largest absolute Gasteiger partial charge is 0.251 e. The number of halogens is 1. The van der Waals surface area contributed by atoms with Crippen molar-refractivity contribution >= 4 is 32.5 Å². The molecule has 1 heterocycles. The highest BCUT2D eigenvalue weighted by Crippen LogP contribution is 2.15. The Morgan fingerprint density at radius 2 is 1.68 bits per heavy atom. The number of benzene rings is 2. The predicted octanol–water partition coefficient (Wildman–Crippen LogP) is 3.37. The van der Waals surface area contributed by atoms with Gasteiger partial charge in [0.2, 0.25) is 10.0 Å². The summed E-state index contributed by atoms with van der Waals surface area (Å²) < 4.78 is 26.9. The third-order valence-electron chi connectivity index (χ3n) is 3.22. The average molecular weight is 333 g/mol. The smallest absolute Gasteiger partial charge is 0.240 e. The van der Waals surface area contributed by atoms with Gasteiger partial charge in [0.1, 0.15) is 0 Å². The van der Waals surface area contributed by atoms with Crippen LogP contribution in [-0.4, -0.2) is 13.4 Å². The van der Waals surface area contributed by atoms with Gasteiger partial charge in [-0.1, -0.05) is 35.9 Å². The minimum atomic E-state index is -3.58. The normalized spacial score (nSPS) is 11.7. The standard InChI is InChI=1S/C16H13ClN2O2S/c17-13-6-9-15(10-7-13)22(20,21)18-11-14-8-5-12-3-1-2-4-16(12)19-14/h1-10,18H,11H2. The summed E-state index contributed by atoms with van der Waals surface area (Å²) in [6.07, 6.45) is 0. The Morgan fingerprint density at radius 3 is 2.45 bits per heavy atom. The van der Waals surface area contributed by atoms with E-state index in [4.69, 9.17) is 11.6 Å². The van der Waals surface area contributed by atoms with Crippen LogP contribution < -0.4 is 4.72 Å². The van der Waals surface area contributed by atoms with Crippen molar-refractivity contribution in [3.05, 3.63) is 71.4 Å². The summed E-state index contributed by atoms with van der Waals surface area (Å²) in [5.41, 5.74) is 1.50. The van der Waals surface area contributed by atoms with Gasteiger partial charge >= 0.3 is 0 Å². The van der Waals surface area contributed by atoms with Crippen LogP contribution in [0.4, 0.5) is 0 Å². The molecule has 0 amide bonds. The fourth-order valence-corrected chi connectivity index (χ4v) is 3.20. The molecule has 0 bridgehead atoms. The van der Waals surface area contributed by atoms with Crippen molar-refractivity contribution in [2.24, 2.45) is 0 Å². The van der Waals surface area contributed by atoms with Crippen LogP contribution in [-0.2, 0) is 16.6 Å². The lowest BCUT2D eigenvalue weighted by atomic mass is 10.2. The van der Waals surface area contributed by atoms with E-state index in [1.54, 1.807) is 12.1 Å². The zero-order valence-corrected chi connectivity index (χ0v) is 13.1. The van der Waals surface area contributed by atoms with Crippen molar-refractivity contribution in [3.8, 4) is 0 Å². The van der Waals surface area contributed by atoms with Gasteiger partial charge in [-0.05, 0) is 36.4 Å². The number of fused-ring (bicyclic) bond motifs is 1. The van der Waals surface area contributed by atoms with E-state index in [0.29, 0.717) is 10.7 Å². The molecular weight excluding hydrogens is 320 g/mol. The Kier molecular flexibility index (Phi) is 4.11. The summed E-state index contributed by atoms with van der Waals surface area (Å²) in [6, 6.07) is 17.5. The van der Waals surface area contributed by atoms with Gasteiger partial charge in [0, 0.05) is 10.4 Å². The maximum atomic E-state index is 12.2. The molecule has 3 rings (SSSR count). The third kappa shape index (κ3) is 3.27. The number of rotatable bonds is 4. The first-order valence-electron chi connectivity index (χ1n) is 6.64. The van der Waals surface area contributed by atoms with E-state index in [-0.39, 0.29) is 11.4 Å².